The van der Waals surface area contributed by atoms with Gasteiger partial charge >= 0.3 is 0 Å². The molecule has 21 heavy (non-hydrogen) atoms. The fourth-order valence-electron chi connectivity index (χ4n) is 1.59. The molecule has 0 aliphatic heterocycles. The normalized spacial score (nSPS) is 10.2. The lowest BCUT2D eigenvalue weighted by Crippen LogP contribution is -2.20. The predicted octanol–water partition coefficient (Wildman–Crippen LogP) is 3.33. The van der Waals surface area contributed by atoms with Gasteiger partial charge in [-0.1, -0.05) is 15.9 Å². The van der Waals surface area contributed by atoms with Crippen LogP contribution >= 0.6 is 15.9 Å². The van der Waals surface area contributed by atoms with Crippen molar-refractivity contribution in [1.82, 2.24) is 0 Å². The molecule has 0 aliphatic carbocycles. The molecule has 4 nitrogen and oxygen atoms in total. The van der Waals surface area contributed by atoms with Crippen LogP contribution in [0.2, 0.25) is 0 Å². The molecule has 2 rings (SSSR count). The Morgan fingerprint density at radius 2 is 1.95 bits per heavy atom. The van der Waals surface area contributed by atoms with Crippen LogP contribution in [0, 0.1) is 11.6 Å². The minimum atomic E-state index is -0.494. The van der Waals surface area contributed by atoms with Gasteiger partial charge in [0.15, 0.2) is 6.61 Å². The number of carbonyl (C=O) groups excluding carboxylic acids is 1. The lowest BCUT2D eigenvalue weighted by Gasteiger charge is -2.09. The molecule has 2 aromatic carbocycles. The number of benzene rings is 2. The monoisotopic (exact) mass is 356 g/mol. The van der Waals surface area contributed by atoms with Gasteiger partial charge in [-0.25, -0.2) is 8.78 Å². The van der Waals surface area contributed by atoms with Gasteiger partial charge in [0.05, 0.1) is 11.4 Å². The molecule has 0 fully saturated rings. The van der Waals surface area contributed by atoms with Crippen molar-refractivity contribution in [3.8, 4) is 5.75 Å². The van der Waals surface area contributed by atoms with Crippen LogP contribution in [-0.2, 0) is 4.79 Å². The van der Waals surface area contributed by atoms with Gasteiger partial charge in [0.1, 0.15) is 17.4 Å². The van der Waals surface area contributed by atoms with E-state index in [-0.39, 0.29) is 23.7 Å². The lowest BCUT2D eigenvalue weighted by atomic mass is 10.2. The molecular formula is C14H11BrF2N2O2. The van der Waals surface area contributed by atoms with Crippen LogP contribution in [0.1, 0.15) is 0 Å². The van der Waals surface area contributed by atoms with Gasteiger partial charge in [0.25, 0.3) is 5.91 Å². The number of nitrogen functional groups attached to an aromatic ring is 1. The third-order valence-electron chi connectivity index (χ3n) is 2.49. The van der Waals surface area contributed by atoms with E-state index < -0.39 is 17.5 Å². The second-order valence-corrected chi connectivity index (χ2v) is 5.09. The zero-order valence-electron chi connectivity index (χ0n) is 10.7. The summed E-state index contributed by atoms with van der Waals surface area (Å²) in [6.07, 6.45) is 0. The van der Waals surface area contributed by atoms with E-state index >= 15 is 0 Å². The fraction of sp³-hybridized carbons (Fsp3) is 0.0714. The van der Waals surface area contributed by atoms with E-state index in [4.69, 9.17) is 10.5 Å². The number of carbonyl (C=O) groups is 1. The topological polar surface area (TPSA) is 64.3 Å². The van der Waals surface area contributed by atoms with E-state index in [2.05, 4.69) is 21.2 Å². The van der Waals surface area contributed by atoms with Crippen LogP contribution in [-0.4, -0.2) is 12.5 Å². The summed E-state index contributed by atoms with van der Waals surface area (Å²) in [4.78, 5) is 11.7. The van der Waals surface area contributed by atoms with Gasteiger partial charge < -0.3 is 15.8 Å². The summed E-state index contributed by atoms with van der Waals surface area (Å²) >= 11 is 3.12. The van der Waals surface area contributed by atoms with Crippen molar-refractivity contribution < 1.29 is 18.3 Å². The molecule has 0 unspecified atom stereocenters. The van der Waals surface area contributed by atoms with Crippen LogP contribution in [0.4, 0.5) is 20.2 Å². The summed E-state index contributed by atoms with van der Waals surface area (Å²) < 4.78 is 31.7. The van der Waals surface area contributed by atoms with Crippen LogP contribution in [0.3, 0.4) is 0 Å². The van der Waals surface area contributed by atoms with E-state index in [0.717, 1.165) is 12.1 Å². The number of nitrogens with two attached hydrogens (primary N) is 1. The van der Waals surface area contributed by atoms with Gasteiger partial charge in [0.2, 0.25) is 0 Å². The molecule has 0 saturated heterocycles. The largest absolute Gasteiger partial charge is 0.484 e. The third kappa shape index (κ3) is 4.42. The molecule has 0 spiro atoms. The van der Waals surface area contributed by atoms with E-state index in [1.54, 1.807) is 0 Å². The van der Waals surface area contributed by atoms with Crippen molar-refractivity contribution >= 4 is 33.2 Å². The number of nitrogens with one attached hydrogen (secondary N) is 1. The number of halogens is 3. The first kappa shape index (κ1) is 15.2. The quantitative estimate of drug-likeness (QED) is 0.825. The maximum atomic E-state index is 13.1. The molecule has 0 radical (unpaired) electrons. The summed E-state index contributed by atoms with van der Waals surface area (Å²) in [6, 6.07) is 7.58. The van der Waals surface area contributed by atoms with Gasteiger partial charge in [-0.15, -0.1) is 0 Å². The fourth-order valence-corrected chi connectivity index (χ4v) is 2.04. The number of hydrogen-bond donors (Lipinski definition) is 2. The molecule has 3 N–H and O–H groups in total. The van der Waals surface area contributed by atoms with Gasteiger partial charge in [-0.3, -0.25) is 4.79 Å². The van der Waals surface area contributed by atoms with Crippen LogP contribution in [0.25, 0.3) is 0 Å². The molecule has 0 saturated carbocycles. The summed E-state index contributed by atoms with van der Waals surface area (Å²) in [5.74, 6) is -1.26. The second kappa shape index (κ2) is 6.53. The molecule has 110 valence electrons. The Bertz CT molecular complexity index is 660. The van der Waals surface area contributed by atoms with Gasteiger partial charge in [0, 0.05) is 10.5 Å². The van der Waals surface area contributed by atoms with Crippen molar-refractivity contribution in [3.63, 3.8) is 0 Å². The van der Waals surface area contributed by atoms with E-state index in [1.807, 2.05) is 0 Å². The highest BCUT2D eigenvalue weighted by molar-refractivity contribution is 9.10. The smallest absolute Gasteiger partial charge is 0.262 e. The Kier molecular flexibility index (Phi) is 4.74. The van der Waals surface area contributed by atoms with Gasteiger partial charge in [-0.05, 0) is 30.3 Å². The Hall–Kier alpha value is -2.15. The molecule has 0 aliphatic rings. The maximum absolute atomic E-state index is 13.1. The second-order valence-electron chi connectivity index (χ2n) is 4.17. The van der Waals surface area contributed by atoms with Crippen molar-refractivity contribution in [1.29, 1.82) is 0 Å². The average molecular weight is 357 g/mol. The minimum absolute atomic E-state index is 0.108. The molecule has 1 amide bonds. The highest BCUT2D eigenvalue weighted by atomic mass is 79.9. The maximum Gasteiger partial charge on any atom is 0.262 e. The molecule has 0 bridgehead atoms. The van der Waals surface area contributed by atoms with Crippen LogP contribution in [0.5, 0.6) is 5.75 Å². The first-order chi connectivity index (χ1) is 9.94. The van der Waals surface area contributed by atoms with Crippen LogP contribution < -0.4 is 15.8 Å². The standard InChI is InChI=1S/C14H11BrF2N2O2/c15-8-3-10(17)5-11(4-8)21-7-14(20)19-13-2-1-9(16)6-12(13)18/h1-6H,7,18H2,(H,19,20). The highest BCUT2D eigenvalue weighted by Crippen LogP contribution is 2.21. The average Bonchev–Trinajstić information content (AvgIpc) is 2.39. The number of amides is 1. The molecule has 0 atom stereocenters. The zero-order valence-corrected chi connectivity index (χ0v) is 12.3. The summed E-state index contributed by atoms with van der Waals surface area (Å²) in [5.41, 5.74) is 5.96. The molecular weight excluding hydrogens is 346 g/mol. The Balaban J connectivity index is 1.95. The van der Waals surface area contributed by atoms with Crippen LogP contribution in [0.15, 0.2) is 40.9 Å². The summed E-state index contributed by atoms with van der Waals surface area (Å²) in [7, 11) is 0. The van der Waals surface area contributed by atoms with Crippen molar-refractivity contribution in [2.24, 2.45) is 0 Å². The van der Waals surface area contributed by atoms with E-state index in [9.17, 15) is 13.6 Å². The molecule has 0 heterocycles. The first-order valence-electron chi connectivity index (χ1n) is 5.88. The number of anilines is 2. The Morgan fingerprint density at radius 3 is 2.62 bits per heavy atom. The van der Waals surface area contributed by atoms with E-state index in [0.29, 0.717) is 4.47 Å². The minimum Gasteiger partial charge on any atom is -0.484 e. The number of ether oxygens (including phenoxy) is 1. The first-order valence-corrected chi connectivity index (χ1v) is 6.67. The Labute approximate surface area is 128 Å². The van der Waals surface area contributed by atoms with Crippen molar-refractivity contribution in [2.45, 2.75) is 0 Å². The zero-order chi connectivity index (χ0) is 15.4. The summed E-state index contributed by atoms with van der Waals surface area (Å²) in [6.45, 7) is -0.327. The summed E-state index contributed by atoms with van der Waals surface area (Å²) in [5, 5.41) is 2.48. The molecule has 2 aromatic rings. The number of hydrogen-bond acceptors (Lipinski definition) is 3. The third-order valence-corrected chi connectivity index (χ3v) is 2.95. The van der Waals surface area contributed by atoms with E-state index in [1.165, 1.54) is 24.3 Å². The molecule has 7 heteroatoms. The number of rotatable bonds is 4. The van der Waals surface area contributed by atoms with Crippen molar-refractivity contribution in [2.75, 3.05) is 17.7 Å². The Morgan fingerprint density at radius 1 is 1.19 bits per heavy atom. The molecule has 0 aromatic heterocycles. The van der Waals surface area contributed by atoms with Crippen molar-refractivity contribution in [3.05, 3.63) is 52.5 Å². The highest BCUT2D eigenvalue weighted by Gasteiger charge is 2.08. The SMILES string of the molecule is Nc1cc(F)ccc1NC(=O)COc1cc(F)cc(Br)c1. The lowest BCUT2D eigenvalue weighted by molar-refractivity contribution is -0.118. The van der Waals surface area contributed by atoms with Gasteiger partial charge in [-0.2, -0.15) is 0 Å². The predicted molar refractivity (Wildman–Crippen MR) is 79.0 cm³/mol.